The van der Waals surface area contributed by atoms with Crippen molar-refractivity contribution in [3.8, 4) is 5.69 Å². The van der Waals surface area contributed by atoms with Crippen LogP contribution in [0.5, 0.6) is 0 Å². The van der Waals surface area contributed by atoms with Gasteiger partial charge in [-0.1, -0.05) is 80.9 Å². The van der Waals surface area contributed by atoms with Crippen LogP contribution in [0.4, 0.5) is 16.3 Å². The Balaban J connectivity index is 1.06. The van der Waals surface area contributed by atoms with Crippen LogP contribution in [0.3, 0.4) is 0 Å². The normalized spacial score (nSPS) is 19.9. The van der Waals surface area contributed by atoms with E-state index < -0.39 is 6.10 Å². The van der Waals surface area contributed by atoms with E-state index in [-0.39, 0.29) is 29.4 Å². The number of benzene rings is 3. The monoisotopic (exact) mass is 619 g/mol. The van der Waals surface area contributed by atoms with Crippen LogP contribution in [0, 0.1) is 12.8 Å². The molecule has 0 aliphatic carbocycles. The predicted molar refractivity (Wildman–Crippen MR) is 182 cm³/mol. The van der Waals surface area contributed by atoms with Gasteiger partial charge in [-0.25, -0.2) is 9.48 Å². The molecule has 2 bridgehead atoms. The molecule has 2 fully saturated rings. The number of amides is 3. The SMILES string of the molecule is COC(C(=O)N1C2CCC1CC(Cc1ccc(NC(=O)Nc3cc(C(C)(C)C)nn3-c3ccc(C)cc3)cc1)C2)c1ccccc1. The highest BCUT2D eigenvalue weighted by Gasteiger charge is 2.45. The van der Waals surface area contributed by atoms with E-state index in [2.05, 4.69) is 48.4 Å². The van der Waals surface area contributed by atoms with Gasteiger partial charge < -0.3 is 15.0 Å². The largest absolute Gasteiger partial charge is 0.367 e. The maximum atomic E-state index is 13.6. The molecule has 240 valence electrons. The highest BCUT2D eigenvalue weighted by atomic mass is 16.5. The van der Waals surface area contributed by atoms with E-state index in [9.17, 15) is 9.59 Å². The Morgan fingerprint density at radius 2 is 1.57 bits per heavy atom. The number of carbonyl (C=O) groups excluding carboxylic acids is 2. The Morgan fingerprint density at radius 3 is 2.17 bits per heavy atom. The Morgan fingerprint density at radius 1 is 0.913 bits per heavy atom. The van der Waals surface area contributed by atoms with Crippen LogP contribution in [0.1, 0.15) is 74.9 Å². The molecule has 3 amide bonds. The minimum Gasteiger partial charge on any atom is -0.367 e. The van der Waals surface area contributed by atoms with Crippen molar-refractivity contribution < 1.29 is 14.3 Å². The Hall–Kier alpha value is -4.43. The summed E-state index contributed by atoms with van der Waals surface area (Å²) in [6, 6.07) is 28.1. The lowest BCUT2D eigenvalue weighted by atomic mass is 9.85. The lowest BCUT2D eigenvalue weighted by molar-refractivity contribution is -0.147. The van der Waals surface area contributed by atoms with E-state index in [0.29, 0.717) is 11.7 Å². The van der Waals surface area contributed by atoms with E-state index in [0.717, 1.165) is 60.3 Å². The molecule has 2 N–H and O–H groups in total. The van der Waals surface area contributed by atoms with Gasteiger partial charge in [-0.2, -0.15) is 5.10 Å². The summed E-state index contributed by atoms with van der Waals surface area (Å²) in [5.74, 6) is 1.22. The number of hydrogen-bond acceptors (Lipinski definition) is 4. The lowest BCUT2D eigenvalue weighted by Crippen LogP contribution is -2.49. The average molecular weight is 620 g/mol. The zero-order valence-electron chi connectivity index (χ0n) is 27.5. The van der Waals surface area contributed by atoms with Crippen molar-refractivity contribution in [2.45, 2.75) is 83.4 Å². The molecule has 3 atom stereocenters. The average Bonchev–Trinajstić information content (AvgIpc) is 3.57. The number of nitrogens with zero attached hydrogens (tertiary/aromatic N) is 3. The third kappa shape index (κ3) is 6.87. The first-order valence-corrected chi connectivity index (χ1v) is 16.3. The van der Waals surface area contributed by atoms with Gasteiger partial charge in [0.15, 0.2) is 6.10 Å². The second-order valence-corrected chi connectivity index (χ2v) is 13.9. The van der Waals surface area contributed by atoms with Gasteiger partial charge in [0.2, 0.25) is 0 Å². The van der Waals surface area contributed by atoms with Crippen molar-refractivity contribution in [3.05, 3.63) is 107 Å². The van der Waals surface area contributed by atoms with Crippen molar-refractivity contribution in [3.63, 3.8) is 0 Å². The minimum absolute atomic E-state index is 0.0879. The molecular weight excluding hydrogens is 574 g/mol. The Bertz CT molecular complexity index is 1640. The van der Waals surface area contributed by atoms with Crippen molar-refractivity contribution in [2.75, 3.05) is 17.7 Å². The van der Waals surface area contributed by atoms with E-state index in [1.807, 2.05) is 79.7 Å². The van der Waals surface area contributed by atoms with Gasteiger partial charge in [-0.05, 0) is 80.3 Å². The van der Waals surface area contributed by atoms with E-state index in [4.69, 9.17) is 9.84 Å². The summed E-state index contributed by atoms with van der Waals surface area (Å²) in [4.78, 5) is 28.8. The first-order valence-electron chi connectivity index (χ1n) is 16.3. The molecular formula is C38H45N5O3. The van der Waals surface area contributed by atoms with Crippen LogP contribution in [-0.2, 0) is 21.4 Å². The van der Waals surface area contributed by atoms with Crippen LogP contribution in [0.25, 0.3) is 5.69 Å². The maximum Gasteiger partial charge on any atom is 0.324 e. The van der Waals surface area contributed by atoms with Gasteiger partial charge in [0.05, 0.1) is 11.4 Å². The number of nitrogens with one attached hydrogen (secondary N) is 2. The van der Waals surface area contributed by atoms with Crippen molar-refractivity contribution >= 4 is 23.4 Å². The fourth-order valence-corrected chi connectivity index (χ4v) is 7.01. The van der Waals surface area contributed by atoms with Gasteiger partial charge in [0.25, 0.3) is 5.91 Å². The molecule has 3 heterocycles. The van der Waals surface area contributed by atoms with Gasteiger partial charge >= 0.3 is 6.03 Å². The number of aromatic nitrogens is 2. The summed E-state index contributed by atoms with van der Waals surface area (Å²) in [7, 11) is 1.62. The summed E-state index contributed by atoms with van der Waals surface area (Å²) in [5.41, 5.74) is 5.65. The van der Waals surface area contributed by atoms with Crippen molar-refractivity contribution in [1.29, 1.82) is 0 Å². The fraction of sp³-hybridized carbons (Fsp3) is 0.395. The third-order valence-electron chi connectivity index (χ3n) is 9.38. The minimum atomic E-state index is -0.554. The number of aryl methyl sites for hydroxylation is 1. The molecule has 8 nitrogen and oxygen atoms in total. The number of rotatable bonds is 8. The van der Waals surface area contributed by atoms with Crippen LogP contribution >= 0.6 is 0 Å². The van der Waals surface area contributed by atoms with Crippen molar-refractivity contribution in [1.82, 2.24) is 14.7 Å². The zero-order valence-corrected chi connectivity index (χ0v) is 27.5. The van der Waals surface area contributed by atoms with Crippen molar-refractivity contribution in [2.24, 2.45) is 5.92 Å². The summed E-state index contributed by atoms with van der Waals surface area (Å²) in [5, 5.41) is 10.8. The van der Waals surface area contributed by atoms with Gasteiger partial charge in [-0.15, -0.1) is 0 Å². The molecule has 2 saturated heterocycles. The quantitative estimate of drug-likeness (QED) is 0.211. The molecule has 8 heteroatoms. The number of methoxy groups -OCH3 is 1. The number of hydrogen-bond donors (Lipinski definition) is 2. The summed E-state index contributed by atoms with van der Waals surface area (Å²) < 4.78 is 7.47. The summed E-state index contributed by atoms with van der Waals surface area (Å²) in [6.45, 7) is 8.37. The molecule has 0 radical (unpaired) electrons. The molecule has 4 aromatic rings. The third-order valence-corrected chi connectivity index (χ3v) is 9.38. The second kappa shape index (κ2) is 13.1. The molecule has 2 aliphatic rings. The van der Waals surface area contributed by atoms with Gasteiger partial charge in [-0.3, -0.25) is 10.1 Å². The number of fused-ring (bicyclic) bond motifs is 2. The van der Waals surface area contributed by atoms with Crippen LogP contribution in [0.15, 0.2) is 84.9 Å². The maximum absolute atomic E-state index is 13.6. The van der Waals surface area contributed by atoms with Crippen LogP contribution in [-0.4, -0.2) is 45.8 Å². The molecule has 2 aliphatic heterocycles. The highest BCUT2D eigenvalue weighted by Crippen LogP contribution is 2.41. The molecule has 1 aromatic heterocycles. The summed E-state index contributed by atoms with van der Waals surface area (Å²) >= 11 is 0. The Labute approximate surface area is 272 Å². The number of piperidine rings is 1. The topological polar surface area (TPSA) is 88.5 Å². The molecule has 46 heavy (non-hydrogen) atoms. The van der Waals surface area contributed by atoms with Gasteiger partial charge in [0, 0.05) is 36.4 Å². The predicted octanol–water partition coefficient (Wildman–Crippen LogP) is 7.82. The number of anilines is 2. The first-order chi connectivity index (χ1) is 22.1. The molecule has 3 unspecified atom stereocenters. The smallest absolute Gasteiger partial charge is 0.324 e. The molecule has 0 saturated carbocycles. The highest BCUT2D eigenvalue weighted by molar-refractivity contribution is 5.99. The second-order valence-electron chi connectivity index (χ2n) is 13.9. The van der Waals surface area contributed by atoms with Crippen LogP contribution in [0.2, 0.25) is 0 Å². The molecule has 6 rings (SSSR count). The number of urea groups is 1. The summed E-state index contributed by atoms with van der Waals surface area (Å²) in [6.07, 6.45) is 4.51. The zero-order chi connectivity index (χ0) is 32.4. The molecule has 3 aromatic carbocycles. The standard InChI is InChI=1S/C38H45N5O3/c1-25-11-17-30(18-12-25)43-34(24-33(41-43)38(2,3)4)40-37(45)39-29-15-13-26(14-16-29)21-27-22-31-19-20-32(23-27)42(31)36(44)35(46-5)28-9-7-6-8-10-28/h6-18,24,27,31-32,35H,19-23H2,1-5H3,(H2,39,40,45). The fourth-order valence-electron chi connectivity index (χ4n) is 7.01. The van der Waals surface area contributed by atoms with E-state index >= 15 is 0 Å². The number of ether oxygens (including phenoxy) is 1. The lowest BCUT2D eigenvalue weighted by Gasteiger charge is -2.40. The van der Waals surface area contributed by atoms with Crippen LogP contribution < -0.4 is 10.6 Å². The number of carbonyl (C=O) groups is 2. The van der Waals surface area contributed by atoms with E-state index in [1.54, 1.807) is 11.8 Å². The Kier molecular flexibility index (Phi) is 9.00. The first kappa shape index (κ1) is 31.5. The van der Waals surface area contributed by atoms with E-state index in [1.165, 1.54) is 5.56 Å². The molecule has 0 spiro atoms. The van der Waals surface area contributed by atoms with Gasteiger partial charge in [0.1, 0.15) is 5.82 Å².